The van der Waals surface area contributed by atoms with E-state index in [-0.39, 0.29) is 5.75 Å². The zero-order valence-electron chi connectivity index (χ0n) is 11.4. The normalized spacial score (nSPS) is 11.6. The minimum absolute atomic E-state index is 0.110. The van der Waals surface area contributed by atoms with E-state index in [0.717, 1.165) is 11.8 Å². The second-order valence-electron chi connectivity index (χ2n) is 4.56. The molecule has 0 aliphatic rings. The molecule has 0 saturated heterocycles. The maximum Gasteiger partial charge on any atom is 0.150 e. The van der Waals surface area contributed by atoms with Crippen molar-refractivity contribution in [2.45, 2.75) is 6.54 Å². The lowest BCUT2D eigenvalue weighted by Crippen LogP contribution is -2.25. The molecule has 0 atom stereocenters. The summed E-state index contributed by atoms with van der Waals surface area (Å²) in [7, 11) is 0.428. The molecule has 0 aliphatic carbocycles. The van der Waals surface area contributed by atoms with Crippen molar-refractivity contribution in [1.29, 1.82) is 0 Å². The largest absolute Gasteiger partial charge is 0.496 e. The van der Waals surface area contributed by atoms with Gasteiger partial charge in [-0.25, -0.2) is 8.42 Å². The van der Waals surface area contributed by atoms with E-state index < -0.39 is 9.84 Å². The van der Waals surface area contributed by atoms with Gasteiger partial charge in [-0.15, -0.1) is 0 Å². The summed E-state index contributed by atoms with van der Waals surface area (Å²) >= 11 is 0. The number of carbonyl (C=O) groups is 1. The molecule has 0 N–H and O–H groups in total. The Kier molecular flexibility index (Phi) is 5.50. The van der Waals surface area contributed by atoms with Gasteiger partial charge in [0.05, 0.1) is 12.9 Å². The zero-order chi connectivity index (χ0) is 14.5. The Morgan fingerprint density at radius 1 is 1.37 bits per heavy atom. The van der Waals surface area contributed by atoms with Gasteiger partial charge in [0.15, 0.2) is 0 Å². The topological polar surface area (TPSA) is 63.7 Å². The predicted molar refractivity (Wildman–Crippen MR) is 74.4 cm³/mol. The number of ether oxygens (including phenoxy) is 1. The van der Waals surface area contributed by atoms with Gasteiger partial charge >= 0.3 is 0 Å². The highest BCUT2D eigenvalue weighted by Gasteiger charge is 2.10. The lowest BCUT2D eigenvalue weighted by Gasteiger charge is -2.18. The molecule has 0 radical (unpaired) electrons. The Balaban J connectivity index is 2.77. The van der Waals surface area contributed by atoms with Crippen LogP contribution in [-0.2, 0) is 16.4 Å². The minimum Gasteiger partial charge on any atom is -0.496 e. The van der Waals surface area contributed by atoms with Gasteiger partial charge in [-0.1, -0.05) is 0 Å². The standard InChI is InChI=1S/C13H19NO4S/c1-14(6-7-19(3,16)17)9-12-8-11(10-15)4-5-13(12)18-2/h4-5,8,10H,6-7,9H2,1-3H3. The second kappa shape index (κ2) is 6.68. The van der Waals surface area contributed by atoms with Crippen molar-refractivity contribution in [2.24, 2.45) is 0 Å². The average Bonchev–Trinajstić information content (AvgIpc) is 2.35. The fraction of sp³-hybridized carbons (Fsp3) is 0.462. The SMILES string of the molecule is COc1ccc(C=O)cc1CN(C)CCS(C)(=O)=O. The van der Waals surface area contributed by atoms with E-state index in [1.165, 1.54) is 6.26 Å². The Morgan fingerprint density at radius 3 is 2.58 bits per heavy atom. The summed E-state index contributed by atoms with van der Waals surface area (Å²) in [5, 5.41) is 0. The van der Waals surface area contributed by atoms with E-state index in [9.17, 15) is 13.2 Å². The second-order valence-corrected chi connectivity index (χ2v) is 6.82. The molecule has 0 fully saturated rings. The molecular formula is C13H19NO4S. The summed E-state index contributed by atoms with van der Waals surface area (Å²) < 4.78 is 27.5. The molecule has 0 aromatic heterocycles. The van der Waals surface area contributed by atoms with E-state index in [2.05, 4.69) is 0 Å². The molecule has 0 amide bonds. The van der Waals surface area contributed by atoms with Gasteiger partial charge in [0.25, 0.3) is 0 Å². The number of hydrogen-bond donors (Lipinski definition) is 0. The first-order valence-electron chi connectivity index (χ1n) is 5.84. The molecule has 0 saturated carbocycles. The maximum absolute atomic E-state index is 11.1. The summed E-state index contributed by atoms with van der Waals surface area (Å²) in [5.41, 5.74) is 1.44. The van der Waals surface area contributed by atoms with Crippen molar-refractivity contribution in [3.63, 3.8) is 0 Å². The third-order valence-electron chi connectivity index (χ3n) is 2.72. The Bertz CT molecular complexity index is 540. The molecule has 0 spiro atoms. The van der Waals surface area contributed by atoms with Crippen molar-refractivity contribution < 1.29 is 17.9 Å². The summed E-state index contributed by atoms with van der Waals surface area (Å²) in [4.78, 5) is 12.6. The molecular weight excluding hydrogens is 266 g/mol. The summed E-state index contributed by atoms with van der Waals surface area (Å²) in [6.45, 7) is 0.966. The number of sulfone groups is 1. The molecule has 19 heavy (non-hydrogen) atoms. The van der Waals surface area contributed by atoms with Crippen molar-refractivity contribution in [2.75, 3.05) is 32.7 Å². The number of carbonyl (C=O) groups excluding carboxylic acids is 1. The number of methoxy groups -OCH3 is 1. The third kappa shape index (κ3) is 5.40. The summed E-state index contributed by atoms with van der Waals surface area (Å²) in [5.74, 6) is 0.802. The fourth-order valence-corrected chi connectivity index (χ4v) is 2.33. The van der Waals surface area contributed by atoms with E-state index >= 15 is 0 Å². The first kappa shape index (κ1) is 15.7. The minimum atomic E-state index is -2.97. The number of nitrogens with zero attached hydrogens (tertiary/aromatic N) is 1. The highest BCUT2D eigenvalue weighted by Crippen LogP contribution is 2.20. The fourth-order valence-electron chi connectivity index (χ4n) is 1.69. The van der Waals surface area contributed by atoms with Crippen molar-refractivity contribution in [3.05, 3.63) is 29.3 Å². The van der Waals surface area contributed by atoms with Gasteiger partial charge in [0, 0.05) is 30.5 Å². The van der Waals surface area contributed by atoms with Gasteiger partial charge < -0.3 is 9.64 Å². The van der Waals surface area contributed by atoms with Gasteiger partial charge in [0.2, 0.25) is 0 Å². The molecule has 1 rings (SSSR count). The molecule has 0 heterocycles. The van der Waals surface area contributed by atoms with Crippen LogP contribution in [0.3, 0.4) is 0 Å². The van der Waals surface area contributed by atoms with Crippen LogP contribution in [0.1, 0.15) is 15.9 Å². The van der Waals surface area contributed by atoms with Gasteiger partial charge in [-0.2, -0.15) is 0 Å². The molecule has 0 bridgehead atoms. The van der Waals surface area contributed by atoms with Crippen molar-refractivity contribution in [3.8, 4) is 5.75 Å². The van der Waals surface area contributed by atoms with Gasteiger partial charge in [0.1, 0.15) is 21.9 Å². The van der Waals surface area contributed by atoms with Gasteiger partial charge in [-0.3, -0.25) is 4.79 Å². The van der Waals surface area contributed by atoms with Crippen molar-refractivity contribution in [1.82, 2.24) is 4.90 Å². The first-order valence-corrected chi connectivity index (χ1v) is 7.90. The monoisotopic (exact) mass is 285 g/mol. The molecule has 5 nitrogen and oxygen atoms in total. The van der Waals surface area contributed by atoms with Crippen LogP contribution >= 0.6 is 0 Å². The summed E-state index contributed by atoms with van der Waals surface area (Å²) in [6.07, 6.45) is 1.99. The van der Waals surface area contributed by atoms with E-state index in [0.29, 0.717) is 24.4 Å². The zero-order valence-corrected chi connectivity index (χ0v) is 12.2. The third-order valence-corrected chi connectivity index (χ3v) is 3.65. The van der Waals surface area contributed by atoms with E-state index in [1.807, 2.05) is 11.9 Å². The van der Waals surface area contributed by atoms with Crippen molar-refractivity contribution >= 4 is 16.1 Å². The molecule has 106 valence electrons. The Morgan fingerprint density at radius 2 is 2.05 bits per heavy atom. The number of benzene rings is 1. The van der Waals surface area contributed by atoms with Crippen LogP contribution in [0.15, 0.2) is 18.2 Å². The Labute approximate surface area is 114 Å². The van der Waals surface area contributed by atoms with E-state index in [4.69, 9.17) is 4.74 Å². The van der Waals surface area contributed by atoms with Crippen LogP contribution in [0.5, 0.6) is 5.75 Å². The predicted octanol–water partition coefficient (Wildman–Crippen LogP) is 0.984. The van der Waals surface area contributed by atoms with Gasteiger partial charge in [-0.05, 0) is 25.2 Å². The lowest BCUT2D eigenvalue weighted by atomic mass is 10.1. The number of aldehydes is 1. The van der Waals surface area contributed by atoms with Crippen LogP contribution in [0.4, 0.5) is 0 Å². The molecule has 1 aromatic rings. The average molecular weight is 285 g/mol. The number of hydrogen-bond acceptors (Lipinski definition) is 5. The molecule has 0 aliphatic heterocycles. The Hall–Kier alpha value is -1.40. The molecule has 0 unspecified atom stereocenters. The van der Waals surface area contributed by atoms with Crippen LogP contribution in [0.2, 0.25) is 0 Å². The van der Waals surface area contributed by atoms with E-state index in [1.54, 1.807) is 25.3 Å². The highest BCUT2D eigenvalue weighted by molar-refractivity contribution is 7.90. The smallest absolute Gasteiger partial charge is 0.150 e. The van der Waals surface area contributed by atoms with Crippen LogP contribution < -0.4 is 4.74 Å². The number of rotatable bonds is 7. The maximum atomic E-state index is 11.1. The quantitative estimate of drug-likeness (QED) is 0.699. The lowest BCUT2D eigenvalue weighted by molar-refractivity contribution is 0.112. The van der Waals surface area contributed by atoms with Crippen LogP contribution in [-0.4, -0.2) is 52.3 Å². The van der Waals surface area contributed by atoms with Crippen LogP contribution in [0, 0.1) is 0 Å². The summed E-state index contributed by atoms with van der Waals surface area (Å²) in [6, 6.07) is 5.18. The van der Waals surface area contributed by atoms with Crippen LogP contribution in [0.25, 0.3) is 0 Å². The molecule has 6 heteroatoms. The molecule has 1 aromatic carbocycles. The first-order chi connectivity index (χ1) is 8.85. The highest BCUT2D eigenvalue weighted by atomic mass is 32.2.